The number of aryl methyl sites for hydroxylation is 1. The van der Waals surface area contributed by atoms with Gasteiger partial charge in [0.15, 0.2) is 5.56 Å². The van der Waals surface area contributed by atoms with Gasteiger partial charge in [-0.3, -0.25) is 9.20 Å². The minimum Gasteiger partial charge on any atom is -0.477 e. The molecule has 6 nitrogen and oxygen atoms in total. The topological polar surface area (TPSA) is 83.7 Å². The Bertz CT molecular complexity index is 1030. The van der Waals surface area contributed by atoms with E-state index >= 15 is 0 Å². The summed E-state index contributed by atoms with van der Waals surface area (Å²) < 4.78 is 1.23. The Hall–Kier alpha value is -2.86. The van der Waals surface area contributed by atoms with E-state index in [1.807, 2.05) is 0 Å². The monoisotopic (exact) mass is 343 g/mol. The molecule has 0 radical (unpaired) electrons. The molecule has 0 saturated carbocycles. The molecule has 0 spiro atoms. The van der Waals surface area contributed by atoms with E-state index in [0.717, 1.165) is 5.56 Å². The number of pyridine rings is 1. The number of carbonyl (C=O) groups is 1. The normalized spacial score (nSPS) is 10.8. The predicted molar refractivity (Wildman–Crippen MR) is 93.2 cm³/mol. The van der Waals surface area contributed by atoms with E-state index in [2.05, 4.69) is 10.3 Å². The van der Waals surface area contributed by atoms with Crippen LogP contribution in [0.25, 0.3) is 16.9 Å². The van der Waals surface area contributed by atoms with Crippen molar-refractivity contribution in [2.24, 2.45) is 0 Å². The molecule has 0 unspecified atom stereocenters. The second-order valence-corrected chi connectivity index (χ2v) is 5.65. The fraction of sp³-hybridized carbons (Fsp3) is 0.118. The molecule has 0 aliphatic carbocycles. The Kier molecular flexibility index (Phi) is 3.99. The highest BCUT2D eigenvalue weighted by molar-refractivity contribution is 6.34. The van der Waals surface area contributed by atoms with Crippen LogP contribution >= 0.6 is 11.6 Å². The van der Waals surface area contributed by atoms with Crippen LogP contribution in [-0.2, 0) is 0 Å². The Balaban J connectivity index is 2.53. The van der Waals surface area contributed by atoms with Crippen molar-refractivity contribution in [3.63, 3.8) is 0 Å². The van der Waals surface area contributed by atoms with Gasteiger partial charge in [-0.1, -0.05) is 23.7 Å². The van der Waals surface area contributed by atoms with Crippen LogP contribution < -0.4 is 10.9 Å². The molecule has 0 aliphatic rings. The lowest BCUT2D eigenvalue weighted by Gasteiger charge is -2.14. The average molecular weight is 344 g/mol. The van der Waals surface area contributed by atoms with E-state index in [9.17, 15) is 14.7 Å². The molecule has 24 heavy (non-hydrogen) atoms. The summed E-state index contributed by atoms with van der Waals surface area (Å²) in [7, 11) is 1.69. The average Bonchev–Trinajstić information content (AvgIpc) is 2.55. The van der Waals surface area contributed by atoms with Gasteiger partial charge in [-0.15, -0.1) is 0 Å². The van der Waals surface area contributed by atoms with Crippen LogP contribution in [0.2, 0.25) is 5.02 Å². The highest BCUT2D eigenvalue weighted by atomic mass is 35.5. The molecular weight excluding hydrogens is 330 g/mol. The van der Waals surface area contributed by atoms with Crippen molar-refractivity contribution in [1.82, 2.24) is 9.38 Å². The molecule has 2 aromatic heterocycles. The maximum Gasteiger partial charge on any atom is 0.343 e. The van der Waals surface area contributed by atoms with Gasteiger partial charge in [0, 0.05) is 24.5 Å². The van der Waals surface area contributed by atoms with E-state index < -0.39 is 17.1 Å². The van der Waals surface area contributed by atoms with E-state index in [-0.39, 0.29) is 5.69 Å². The van der Waals surface area contributed by atoms with Gasteiger partial charge >= 0.3 is 5.97 Å². The van der Waals surface area contributed by atoms with Gasteiger partial charge in [0.1, 0.15) is 5.65 Å². The van der Waals surface area contributed by atoms with Gasteiger partial charge < -0.3 is 10.4 Å². The summed E-state index contributed by atoms with van der Waals surface area (Å²) in [5, 5.41) is 12.8. The number of nitrogens with one attached hydrogen (secondary N) is 1. The molecule has 0 bridgehead atoms. The Morgan fingerprint density at radius 1 is 1.29 bits per heavy atom. The molecule has 0 aliphatic heterocycles. The Labute approximate surface area is 142 Å². The quantitative estimate of drug-likeness (QED) is 0.763. The highest BCUT2D eigenvalue weighted by Crippen LogP contribution is 2.35. The summed E-state index contributed by atoms with van der Waals surface area (Å²) in [5.74, 6) is -1.35. The number of anilines is 1. The maximum atomic E-state index is 12.7. The van der Waals surface area contributed by atoms with Crippen molar-refractivity contribution in [1.29, 1.82) is 0 Å². The van der Waals surface area contributed by atoms with Gasteiger partial charge in [-0.2, -0.15) is 0 Å². The standard InChI is InChI=1S/C17H14ClN3O3/c1-9-5-4-8-21-15(9)20-14(13(16(21)22)17(23)24)12-10(18)6-3-7-11(12)19-2/h3-8,19H,1-2H3,(H,23,24). The van der Waals surface area contributed by atoms with Crippen molar-refractivity contribution < 1.29 is 9.90 Å². The van der Waals surface area contributed by atoms with Gasteiger partial charge in [-0.05, 0) is 30.7 Å². The second-order valence-electron chi connectivity index (χ2n) is 5.24. The highest BCUT2D eigenvalue weighted by Gasteiger charge is 2.24. The number of aromatic carboxylic acids is 1. The largest absolute Gasteiger partial charge is 0.477 e. The van der Waals surface area contributed by atoms with Gasteiger partial charge in [0.05, 0.1) is 10.7 Å². The number of carboxylic acid groups (broad SMARTS) is 1. The number of rotatable bonds is 3. The minimum atomic E-state index is -1.35. The number of fused-ring (bicyclic) bond motifs is 1. The minimum absolute atomic E-state index is 0.0525. The van der Waals surface area contributed by atoms with Gasteiger partial charge in [0.2, 0.25) is 0 Å². The molecule has 0 amide bonds. The van der Waals surface area contributed by atoms with Crippen LogP contribution in [0, 0.1) is 6.92 Å². The number of halogens is 1. The molecule has 0 saturated heterocycles. The molecule has 3 rings (SSSR count). The molecule has 7 heteroatoms. The number of aromatic nitrogens is 2. The van der Waals surface area contributed by atoms with Crippen LogP contribution in [0.1, 0.15) is 15.9 Å². The molecule has 0 atom stereocenters. The van der Waals surface area contributed by atoms with E-state index in [1.165, 1.54) is 10.6 Å². The summed E-state index contributed by atoms with van der Waals surface area (Å²) >= 11 is 6.28. The SMILES string of the molecule is CNc1cccc(Cl)c1-c1nc2c(C)cccn2c(=O)c1C(=O)O. The smallest absolute Gasteiger partial charge is 0.343 e. The van der Waals surface area contributed by atoms with Crippen LogP contribution in [0.5, 0.6) is 0 Å². The zero-order valence-corrected chi connectivity index (χ0v) is 13.8. The zero-order chi connectivity index (χ0) is 17.4. The number of carboxylic acids is 1. The summed E-state index contributed by atoms with van der Waals surface area (Å²) in [6, 6.07) is 8.58. The lowest BCUT2D eigenvalue weighted by atomic mass is 10.0. The van der Waals surface area contributed by atoms with Crippen LogP contribution in [-0.4, -0.2) is 27.5 Å². The van der Waals surface area contributed by atoms with Gasteiger partial charge in [0.25, 0.3) is 5.56 Å². The molecule has 122 valence electrons. The lowest BCUT2D eigenvalue weighted by molar-refractivity contribution is 0.0695. The third-order valence-electron chi connectivity index (χ3n) is 3.78. The molecule has 2 N–H and O–H groups in total. The van der Waals surface area contributed by atoms with Crippen LogP contribution in [0.15, 0.2) is 41.3 Å². The number of hydrogen-bond acceptors (Lipinski definition) is 4. The number of hydrogen-bond donors (Lipinski definition) is 2. The van der Waals surface area contributed by atoms with Crippen molar-refractivity contribution >= 4 is 28.9 Å². The molecule has 2 heterocycles. The number of benzene rings is 1. The van der Waals surface area contributed by atoms with E-state index in [4.69, 9.17) is 11.6 Å². The first kappa shape index (κ1) is 16.0. The molecule has 1 aromatic carbocycles. The maximum absolute atomic E-state index is 12.7. The fourth-order valence-electron chi connectivity index (χ4n) is 2.64. The van der Waals surface area contributed by atoms with E-state index in [1.54, 1.807) is 44.3 Å². The molecular formula is C17H14ClN3O3. The third-order valence-corrected chi connectivity index (χ3v) is 4.10. The van der Waals surface area contributed by atoms with Crippen LogP contribution in [0.4, 0.5) is 5.69 Å². The first-order valence-electron chi connectivity index (χ1n) is 7.17. The van der Waals surface area contributed by atoms with Crippen molar-refractivity contribution in [3.8, 4) is 11.3 Å². The zero-order valence-electron chi connectivity index (χ0n) is 13.0. The fourth-order valence-corrected chi connectivity index (χ4v) is 2.91. The predicted octanol–water partition coefficient (Wildman–Crippen LogP) is 3.06. The third kappa shape index (κ3) is 2.41. The Morgan fingerprint density at radius 3 is 2.71 bits per heavy atom. The van der Waals surface area contributed by atoms with Crippen molar-refractivity contribution in [2.75, 3.05) is 12.4 Å². The Morgan fingerprint density at radius 2 is 2.04 bits per heavy atom. The summed E-state index contributed by atoms with van der Waals surface area (Å²) in [4.78, 5) is 28.9. The summed E-state index contributed by atoms with van der Waals surface area (Å²) in [5.41, 5.74) is 1.12. The van der Waals surface area contributed by atoms with Crippen molar-refractivity contribution in [3.05, 3.63) is 63.0 Å². The van der Waals surface area contributed by atoms with Crippen LogP contribution in [0.3, 0.4) is 0 Å². The first-order valence-corrected chi connectivity index (χ1v) is 7.55. The summed E-state index contributed by atoms with van der Waals surface area (Å²) in [6.07, 6.45) is 1.50. The van der Waals surface area contributed by atoms with E-state index in [0.29, 0.717) is 21.9 Å². The molecule has 3 aromatic rings. The summed E-state index contributed by atoms with van der Waals surface area (Å²) in [6.45, 7) is 1.80. The molecule has 0 fully saturated rings. The first-order chi connectivity index (χ1) is 11.5. The van der Waals surface area contributed by atoms with Crippen molar-refractivity contribution in [2.45, 2.75) is 6.92 Å². The second kappa shape index (κ2) is 5.98. The lowest BCUT2D eigenvalue weighted by Crippen LogP contribution is -2.25. The number of nitrogens with zero attached hydrogens (tertiary/aromatic N) is 2. The van der Waals surface area contributed by atoms with Gasteiger partial charge in [-0.25, -0.2) is 9.78 Å².